The summed E-state index contributed by atoms with van der Waals surface area (Å²) in [5.74, 6) is 0. The Kier molecular flexibility index (Phi) is 4.69. The normalized spacial score (nSPS) is 21.0. The SMILES string of the molecule is CC1CN(c2ccc(C#N)cc2C(F)(F)F)CC(c2ccccc2)O1. The van der Waals surface area contributed by atoms with Crippen molar-refractivity contribution in [3.05, 3.63) is 65.2 Å². The number of halogens is 3. The van der Waals surface area contributed by atoms with Gasteiger partial charge in [0.25, 0.3) is 0 Å². The highest BCUT2D eigenvalue weighted by molar-refractivity contribution is 5.58. The molecule has 0 aliphatic carbocycles. The second-order valence-corrected chi connectivity index (χ2v) is 6.09. The fourth-order valence-electron chi connectivity index (χ4n) is 3.11. The fourth-order valence-corrected chi connectivity index (χ4v) is 3.11. The number of alkyl halides is 3. The van der Waals surface area contributed by atoms with Gasteiger partial charge in [-0.05, 0) is 30.7 Å². The number of benzene rings is 2. The monoisotopic (exact) mass is 346 g/mol. The van der Waals surface area contributed by atoms with Crippen LogP contribution in [0.4, 0.5) is 18.9 Å². The molecule has 2 aromatic carbocycles. The van der Waals surface area contributed by atoms with Gasteiger partial charge in [0.05, 0.1) is 23.3 Å². The van der Waals surface area contributed by atoms with Crippen molar-refractivity contribution >= 4 is 5.69 Å². The molecule has 0 saturated carbocycles. The number of hydrogen-bond donors (Lipinski definition) is 0. The van der Waals surface area contributed by atoms with Crippen LogP contribution in [0.3, 0.4) is 0 Å². The lowest BCUT2D eigenvalue weighted by Crippen LogP contribution is -2.43. The van der Waals surface area contributed by atoms with E-state index < -0.39 is 11.7 Å². The molecule has 25 heavy (non-hydrogen) atoms. The van der Waals surface area contributed by atoms with Crippen LogP contribution in [0.15, 0.2) is 48.5 Å². The van der Waals surface area contributed by atoms with E-state index in [0.717, 1.165) is 11.6 Å². The number of morpholine rings is 1. The number of hydrogen-bond acceptors (Lipinski definition) is 3. The molecule has 0 amide bonds. The average molecular weight is 346 g/mol. The lowest BCUT2D eigenvalue weighted by molar-refractivity contribution is -0.137. The van der Waals surface area contributed by atoms with E-state index in [1.165, 1.54) is 12.1 Å². The molecule has 0 spiro atoms. The molecule has 2 aromatic rings. The molecular weight excluding hydrogens is 329 g/mol. The number of nitrogens with zero attached hydrogens (tertiary/aromatic N) is 2. The van der Waals surface area contributed by atoms with E-state index in [1.807, 2.05) is 37.3 Å². The molecule has 1 aliphatic rings. The maximum atomic E-state index is 13.5. The van der Waals surface area contributed by atoms with Gasteiger partial charge in [-0.1, -0.05) is 30.3 Å². The molecule has 1 fully saturated rings. The lowest BCUT2D eigenvalue weighted by Gasteiger charge is -2.39. The molecular formula is C19H17F3N2O. The predicted molar refractivity (Wildman–Crippen MR) is 88.1 cm³/mol. The highest BCUT2D eigenvalue weighted by Gasteiger charge is 2.37. The third kappa shape index (κ3) is 3.77. The Morgan fingerprint density at radius 1 is 1.12 bits per heavy atom. The van der Waals surface area contributed by atoms with Crippen LogP contribution in [-0.4, -0.2) is 19.2 Å². The van der Waals surface area contributed by atoms with Crippen LogP contribution in [0.25, 0.3) is 0 Å². The van der Waals surface area contributed by atoms with Gasteiger partial charge >= 0.3 is 6.18 Å². The minimum absolute atomic E-state index is 0.00278. The minimum Gasteiger partial charge on any atom is -0.367 e. The average Bonchev–Trinajstić information content (AvgIpc) is 2.60. The largest absolute Gasteiger partial charge is 0.418 e. The second kappa shape index (κ2) is 6.77. The van der Waals surface area contributed by atoms with Gasteiger partial charge in [-0.15, -0.1) is 0 Å². The van der Waals surface area contributed by atoms with Crippen LogP contribution in [0, 0.1) is 11.3 Å². The van der Waals surface area contributed by atoms with Crippen LogP contribution < -0.4 is 4.90 Å². The molecule has 3 rings (SSSR count). The highest BCUT2D eigenvalue weighted by atomic mass is 19.4. The topological polar surface area (TPSA) is 36.3 Å². The molecule has 1 saturated heterocycles. The van der Waals surface area contributed by atoms with Gasteiger partial charge in [-0.2, -0.15) is 18.4 Å². The first-order valence-electron chi connectivity index (χ1n) is 7.95. The smallest absolute Gasteiger partial charge is 0.367 e. The van der Waals surface area contributed by atoms with E-state index in [9.17, 15) is 13.2 Å². The van der Waals surface area contributed by atoms with Gasteiger partial charge in [-0.25, -0.2) is 0 Å². The van der Waals surface area contributed by atoms with Crippen LogP contribution in [-0.2, 0) is 10.9 Å². The van der Waals surface area contributed by atoms with E-state index in [4.69, 9.17) is 10.00 Å². The quantitative estimate of drug-likeness (QED) is 0.801. The van der Waals surface area contributed by atoms with Crippen LogP contribution in [0.2, 0.25) is 0 Å². The minimum atomic E-state index is -4.52. The summed E-state index contributed by atoms with van der Waals surface area (Å²) in [6.45, 7) is 2.53. The number of anilines is 1. The molecule has 3 nitrogen and oxygen atoms in total. The van der Waals surface area contributed by atoms with Gasteiger partial charge in [0.1, 0.15) is 6.10 Å². The summed E-state index contributed by atoms with van der Waals surface area (Å²) >= 11 is 0. The number of ether oxygens (including phenoxy) is 1. The molecule has 0 radical (unpaired) electrons. The Balaban J connectivity index is 1.97. The Labute approximate surface area is 144 Å². The molecule has 2 atom stereocenters. The summed E-state index contributed by atoms with van der Waals surface area (Å²) in [6, 6.07) is 14.9. The van der Waals surface area contributed by atoms with Crippen LogP contribution in [0.5, 0.6) is 0 Å². The van der Waals surface area contributed by atoms with Gasteiger partial charge in [0.2, 0.25) is 0 Å². The Morgan fingerprint density at radius 2 is 1.84 bits per heavy atom. The highest BCUT2D eigenvalue weighted by Crippen LogP contribution is 2.39. The summed E-state index contributed by atoms with van der Waals surface area (Å²) in [5, 5.41) is 8.91. The second-order valence-electron chi connectivity index (χ2n) is 6.09. The van der Waals surface area contributed by atoms with Crippen LogP contribution >= 0.6 is 0 Å². The standard InChI is InChI=1S/C19H17F3N2O/c1-13-11-24(12-18(25-13)15-5-3-2-4-6-15)17-8-7-14(10-23)9-16(17)19(20,21)22/h2-9,13,18H,11-12H2,1H3. The molecule has 6 heteroatoms. The first-order chi connectivity index (χ1) is 11.9. The Bertz CT molecular complexity index is 783. The van der Waals surface area contributed by atoms with Crippen molar-refractivity contribution in [2.24, 2.45) is 0 Å². The van der Waals surface area contributed by atoms with E-state index in [0.29, 0.717) is 13.1 Å². The van der Waals surface area contributed by atoms with E-state index >= 15 is 0 Å². The van der Waals surface area contributed by atoms with Crippen molar-refractivity contribution in [3.8, 4) is 6.07 Å². The van der Waals surface area contributed by atoms with Gasteiger partial charge in [-0.3, -0.25) is 0 Å². The molecule has 0 bridgehead atoms. The molecule has 0 N–H and O–H groups in total. The Morgan fingerprint density at radius 3 is 2.48 bits per heavy atom. The molecule has 1 heterocycles. The number of rotatable bonds is 2. The zero-order chi connectivity index (χ0) is 18.0. The van der Waals surface area contributed by atoms with Crippen molar-refractivity contribution in [1.82, 2.24) is 0 Å². The first-order valence-corrected chi connectivity index (χ1v) is 7.95. The zero-order valence-electron chi connectivity index (χ0n) is 13.6. The summed E-state index contributed by atoms with van der Waals surface area (Å²) in [6.07, 6.45) is -5.04. The summed E-state index contributed by atoms with van der Waals surface area (Å²) in [7, 11) is 0. The van der Waals surface area contributed by atoms with Crippen LogP contribution in [0.1, 0.15) is 29.7 Å². The van der Waals surface area contributed by atoms with Crippen molar-refractivity contribution in [2.45, 2.75) is 25.3 Å². The number of nitriles is 1. The van der Waals surface area contributed by atoms with E-state index in [2.05, 4.69) is 0 Å². The van der Waals surface area contributed by atoms with E-state index in [1.54, 1.807) is 11.0 Å². The Hall–Kier alpha value is -2.52. The zero-order valence-corrected chi connectivity index (χ0v) is 13.6. The van der Waals surface area contributed by atoms with Crippen molar-refractivity contribution < 1.29 is 17.9 Å². The van der Waals surface area contributed by atoms with Crippen molar-refractivity contribution in [1.29, 1.82) is 5.26 Å². The maximum Gasteiger partial charge on any atom is 0.418 e. The third-order valence-electron chi connectivity index (χ3n) is 4.20. The van der Waals surface area contributed by atoms with Crippen molar-refractivity contribution in [3.63, 3.8) is 0 Å². The molecule has 1 aliphatic heterocycles. The summed E-state index contributed by atoms with van der Waals surface area (Å²) in [4.78, 5) is 1.69. The summed E-state index contributed by atoms with van der Waals surface area (Å²) in [5.41, 5.74) is 0.230. The van der Waals surface area contributed by atoms with Crippen molar-refractivity contribution in [2.75, 3.05) is 18.0 Å². The van der Waals surface area contributed by atoms with Gasteiger partial charge < -0.3 is 9.64 Å². The van der Waals surface area contributed by atoms with Gasteiger partial charge in [0.15, 0.2) is 0 Å². The molecule has 2 unspecified atom stereocenters. The molecule has 0 aromatic heterocycles. The summed E-state index contributed by atoms with van der Waals surface area (Å²) < 4.78 is 46.3. The maximum absolute atomic E-state index is 13.5. The fraction of sp³-hybridized carbons (Fsp3) is 0.316. The molecule has 130 valence electrons. The third-order valence-corrected chi connectivity index (χ3v) is 4.20. The van der Waals surface area contributed by atoms with Gasteiger partial charge in [0, 0.05) is 18.8 Å². The first kappa shape index (κ1) is 17.3. The predicted octanol–water partition coefficient (Wildman–Crippen LogP) is 4.54. The van der Waals surface area contributed by atoms with E-state index in [-0.39, 0.29) is 23.5 Å². The lowest BCUT2D eigenvalue weighted by atomic mass is 10.0.